The number of hydrogen-bond acceptors (Lipinski definition) is 3. The largest absolute Gasteiger partial charge is 0.326 e. The van der Waals surface area contributed by atoms with Gasteiger partial charge in [0.1, 0.15) is 15.7 Å². The molecule has 2 N–H and O–H groups in total. The Balaban J connectivity index is 2.44. The second-order valence-corrected chi connectivity index (χ2v) is 7.14. The Labute approximate surface area is 133 Å². The van der Waals surface area contributed by atoms with E-state index in [0.717, 1.165) is 12.3 Å². The van der Waals surface area contributed by atoms with Crippen LogP contribution in [0.4, 0.5) is 10.1 Å². The van der Waals surface area contributed by atoms with Gasteiger partial charge in [0.2, 0.25) is 0 Å². The molecule has 0 unspecified atom stereocenters. The number of halogens is 3. The number of nitrogens with one attached hydrogen (secondary N) is 2. The molecule has 0 radical (unpaired) electrons. The van der Waals surface area contributed by atoms with Crippen LogP contribution in [0.15, 0.2) is 38.6 Å². The van der Waals surface area contributed by atoms with Crippen LogP contribution >= 0.6 is 27.5 Å². The molecule has 21 heavy (non-hydrogen) atoms. The monoisotopic (exact) mass is 394 g/mol. The Kier molecular flexibility index (Phi) is 4.40. The van der Waals surface area contributed by atoms with Crippen LogP contribution in [0.5, 0.6) is 0 Å². The highest BCUT2D eigenvalue weighted by Gasteiger charge is 2.18. The molecule has 1 aromatic carbocycles. The maximum absolute atomic E-state index is 13.3. The number of aromatic nitrogens is 1. The van der Waals surface area contributed by atoms with Gasteiger partial charge < -0.3 is 4.98 Å². The van der Waals surface area contributed by atoms with Crippen LogP contribution in [0, 0.1) is 12.7 Å². The van der Waals surface area contributed by atoms with Gasteiger partial charge in [-0.1, -0.05) is 11.6 Å². The normalized spacial score (nSPS) is 11.4. The van der Waals surface area contributed by atoms with Crippen molar-refractivity contribution in [3.63, 3.8) is 0 Å². The molecular formula is C12H9BrClFN2O3S. The van der Waals surface area contributed by atoms with Crippen molar-refractivity contribution in [3.05, 3.63) is 55.6 Å². The fraction of sp³-hybridized carbons (Fsp3) is 0.0833. The SMILES string of the molecule is Cc1cc(F)c(Br)cc1NS(=O)(=O)c1c[nH]c(=O)c(Cl)c1. The molecule has 1 aromatic heterocycles. The highest BCUT2D eigenvalue weighted by Crippen LogP contribution is 2.26. The molecule has 0 saturated heterocycles. The summed E-state index contributed by atoms with van der Waals surface area (Å²) in [6.07, 6.45) is 1.03. The maximum atomic E-state index is 13.3. The van der Waals surface area contributed by atoms with E-state index < -0.39 is 21.4 Å². The zero-order valence-corrected chi connectivity index (χ0v) is 13.7. The third kappa shape index (κ3) is 3.45. The number of anilines is 1. The first-order chi connectivity index (χ1) is 9.70. The number of benzene rings is 1. The van der Waals surface area contributed by atoms with Crippen LogP contribution in [-0.2, 0) is 10.0 Å². The summed E-state index contributed by atoms with van der Waals surface area (Å²) in [5.41, 5.74) is 0.0386. The minimum absolute atomic E-state index is 0.130. The van der Waals surface area contributed by atoms with Crippen molar-refractivity contribution in [2.24, 2.45) is 0 Å². The predicted octanol–water partition coefficient (Wildman–Crippen LogP) is 3.04. The van der Waals surface area contributed by atoms with E-state index in [-0.39, 0.29) is 20.1 Å². The lowest BCUT2D eigenvalue weighted by Crippen LogP contribution is -2.16. The van der Waals surface area contributed by atoms with Crippen molar-refractivity contribution in [1.29, 1.82) is 0 Å². The molecule has 0 fully saturated rings. The molecule has 0 atom stereocenters. The molecule has 1 heterocycles. The summed E-state index contributed by atoms with van der Waals surface area (Å²) in [6, 6.07) is 3.55. The summed E-state index contributed by atoms with van der Waals surface area (Å²) >= 11 is 8.59. The first-order valence-corrected chi connectivity index (χ1v) is 8.23. The van der Waals surface area contributed by atoms with Gasteiger partial charge in [0.15, 0.2) is 0 Å². The van der Waals surface area contributed by atoms with Gasteiger partial charge in [-0.05, 0) is 46.6 Å². The zero-order chi connectivity index (χ0) is 15.8. The molecule has 0 aliphatic carbocycles. The lowest BCUT2D eigenvalue weighted by atomic mass is 10.2. The minimum atomic E-state index is -3.95. The molecular weight excluding hydrogens is 387 g/mol. The summed E-state index contributed by atoms with van der Waals surface area (Å²) in [4.78, 5) is 13.2. The average Bonchev–Trinajstić information content (AvgIpc) is 2.39. The van der Waals surface area contributed by atoms with Crippen LogP contribution in [-0.4, -0.2) is 13.4 Å². The van der Waals surface area contributed by atoms with E-state index in [1.807, 2.05) is 0 Å². The van der Waals surface area contributed by atoms with Gasteiger partial charge in [0.05, 0.1) is 10.2 Å². The van der Waals surface area contributed by atoms with E-state index in [1.165, 1.54) is 12.1 Å². The Bertz CT molecular complexity index is 867. The van der Waals surface area contributed by atoms with Crippen LogP contribution in [0.25, 0.3) is 0 Å². The van der Waals surface area contributed by atoms with Crippen molar-refractivity contribution in [1.82, 2.24) is 4.98 Å². The summed E-state index contributed by atoms with van der Waals surface area (Å²) < 4.78 is 40.2. The fourth-order valence-corrected chi connectivity index (χ4v) is 3.25. The van der Waals surface area contributed by atoms with Gasteiger partial charge in [-0.3, -0.25) is 9.52 Å². The van der Waals surface area contributed by atoms with Gasteiger partial charge >= 0.3 is 0 Å². The maximum Gasteiger partial charge on any atom is 0.266 e. The summed E-state index contributed by atoms with van der Waals surface area (Å²) in [6.45, 7) is 1.56. The first kappa shape index (κ1) is 16.0. The summed E-state index contributed by atoms with van der Waals surface area (Å²) in [5.74, 6) is -0.498. The zero-order valence-electron chi connectivity index (χ0n) is 10.6. The number of H-pyrrole nitrogens is 1. The van der Waals surface area contributed by atoms with E-state index in [9.17, 15) is 17.6 Å². The molecule has 2 aromatic rings. The first-order valence-electron chi connectivity index (χ1n) is 5.57. The van der Waals surface area contributed by atoms with Crippen molar-refractivity contribution in [3.8, 4) is 0 Å². The molecule has 9 heteroatoms. The number of aromatic amines is 1. The quantitative estimate of drug-likeness (QED) is 0.838. The molecule has 0 amide bonds. The lowest BCUT2D eigenvalue weighted by molar-refractivity contribution is 0.600. The van der Waals surface area contributed by atoms with Crippen LogP contribution in [0.3, 0.4) is 0 Å². The number of sulfonamides is 1. The molecule has 2 rings (SSSR count). The van der Waals surface area contributed by atoms with E-state index in [2.05, 4.69) is 25.6 Å². The van der Waals surface area contributed by atoms with Crippen LogP contribution in [0.1, 0.15) is 5.56 Å². The van der Waals surface area contributed by atoms with Crippen LogP contribution < -0.4 is 10.3 Å². The predicted molar refractivity (Wildman–Crippen MR) is 81.7 cm³/mol. The average molecular weight is 396 g/mol. The van der Waals surface area contributed by atoms with Gasteiger partial charge in [-0.2, -0.15) is 0 Å². The molecule has 0 saturated carbocycles. The van der Waals surface area contributed by atoms with Crippen molar-refractivity contribution < 1.29 is 12.8 Å². The molecule has 112 valence electrons. The van der Waals surface area contributed by atoms with Crippen molar-refractivity contribution >= 4 is 43.2 Å². The highest BCUT2D eigenvalue weighted by molar-refractivity contribution is 9.10. The van der Waals surface area contributed by atoms with Gasteiger partial charge in [-0.25, -0.2) is 12.8 Å². The van der Waals surface area contributed by atoms with E-state index in [0.29, 0.717) is 5.56 Å². The Morgan fingerprint density at radius 2 is 2.00 bits per heavy atom. The summed E-state index contributed by atoms with van der Waals surface area (Å²) in [5, 5.41) is -0.241. The van der Waals surface area contributed by atoms with Gasteiger partial charge in [0, 0.05) is 6.20 Å². The lowest BCUT2D eigenvalue weighted by Gasteiger charge is -2.11. The van der Waals surface area contributed by atoms with Gasteiger partial charge in [-0.15, -0.1) is 0 Å². The smallest absolute Gasteiger partial charge is 0.266 e. The van der Waals surface area contributed by atoms with Crippen molar-refractivity contribution in [2.45, 2.75) is 11.8 Å². The van der Waals surface area contributed by atoms with E-state index in [4.69, 9.17) is 11.6 Å². The third-order valence-electron chi connectivity index (χ3n) is 2.65. The number of aryl methyl sites for hydroxylation is 1. The number of pyridine rings is 1. The van der Waals surface area contributed by atoms with Crippen molar-refractivity contribution in [2.75, 3.05) is 4.72 Å². The Morgan fingerprint density at radius 3 is 2.62 bits per heavy atom. The van der Waals surface area contributed by atoms with E-state index >= 15 is 0 Å². The topological polar surface area (TPSA) is 79.0 Å². The number of hydrogen-bond donors (Lipinski definition) is 2. The highest BCUT2D eigenvalue weighted by atomic mass is 79.9. The second kappa shape index (κ2) is 5.78. The molecule has 0 aliphatic rings. The molecule has 0 bridgehead atoms. The molecule has 0 aliphatic heterocycles. The molecule has 5 nitrogen and oxygen atoms in total. The Hall–Kier alpha value is -1.38. The fourth-order valence-electron chi connectivity index (χ4n) is 1.55. The second-order valence-electron chi connectivity index (χ2n) is 4.20. The Morgan fingerprint density at radius 1 is 1.33 bits per heavy atom. The van der Waals surface area contributed by atoms with E-state index in [1.54, 1.807) is 6.92 Å². The summed E-state index contributed by atoms with van der Waals surface area (Å²) in [7, 11) is -3.95. The minimum Gasteiger partial charge on any atom is -0.326 e. The molecule has 0 spiro atoms. The number of rotatable bonds is 3. The standard InChI is InChI=1S/C12H9BrClFN2O3S/c1-6-2-10(15)8(13)4-11(6)17-21(19,20)7-3-9(14)12(18)16-5-7/h2-5,17H,1H3,(H,16,18). The van der Waals surface area contributed by atoms with Crippen LogP contribution in [0.2, 0.25) is 5.02 Å². The third-order valence-corrected chi connectivity index (χ3v) is 4.89. The van der Waals surface area contributed by atoms with Gasteiger partial charge in [0.25, 0.3) is 15.6 Å².